The van der Waals surface area contributed by atoms with E-state index in [4.69, 9.17) is 18.9 Å². The number of methoxy groups -OCH3 is 3. The van der Waals surface area contributed by atoms with Crippen molar-refractivity contribution in [2.75, 3.05) is 34.5 Å². The molecule has 0 bridgehead atoms. The van der Waals surface area contributed by atoms with Gasteiger partial charge in [-0.1, -0.05) is 0 Å². The highest BCUT2D eigenvalue weighted by Gasteiger charge is 2.24. The Bertz CT molecular complexity index is 874. The molecule has 1 unspecified atom stereocenters. The number of aromatic nitrogens is 1. The molecular formula is C21H28N2O6. The SMILES string of the molecule is COCCOC(=O)c1c(C)[nH]c(C(=O)NC(C)c2cc(OC)ccc2OC)c1C. The maximum absolute atomic E-state index is 12.9. The largest absolute Gasteiger partial charge is 0.497 e. The number of aromatic amines is 1. The van der Waals surface area contributed by atoms with E-state index in [0.29, 0.717) is 40.6 Å². The molecule has 0 saturated heterocycles. The van der Waals surface area contributed by atoms with Crippen molar-refractivity contribution < 1.29 is 28.5 Å². The Morgan fingerprint density at radius 2 is 1.83 bits per heavy atom. The van der Waals surface area contributed by atoms with Crippen molar-refractivity contribution in [1.82, 2.24) is 10.3 Å². The van der Waals surface area contributed by atoms with Crippen molar-refractivity contribution in [2.24, 2.45) is 0 Å². The maximum Gasteiger partial charge on any atom is 0.340 e. The van der Waals surface area contributed by atoms with Crippen LogP contribution in [-0.2, 0) is 9.47 Å². The molecule has 0 aliphatic carbocycles. The second-order valence-corrected chi connectivity index (χ2v) is 6.56. The molecule has 0 spiro atoms. The summed E-state index contributed by atoms with van der Waals surface area (Å²) in [6.07, 6.45) is 0. The summed E-state index contributed by atoms with van der Waals surface area (Å²) in [7, 11) is 4.68. The van der Waals surface area contributed by atoms with Crippen molar-refractivity contribution >= 4 is 11.9 Å². The highest BCUT2D eigenvalue weighted by atomic mass is 16.6. The standard InChI is InChI=1S/C21H28N2O6/c1-12-18(21(25)29-10-9-26-4)14(3)22-19(12)20(24)23-13(2)16-11-15(27-5)7-8-17(16)28-6/h7-8,11,13,22H,9-10H2,1-6H3,(H,23,24). The van der Waals surface area contributed by atoms with E-state index in [1.165, 1.54) is 7.11 Å². The van der Waals surface area contributed by atoms with Gasteiger partial charge in [0.15, 0.2) is 0 Å². The van der Waals surface area contributed by atoms with Gasteiger partial charge in [-0.25, -0.2) is 4.79 Å². The van der Waals surface area contributed by atoms with Crippen molar-refractivity contribution in [3.8, 4) is 11.5 Å². The Kier molecular flexibility index (Phi) is 7.67. The van der Waals surface area contributed by atoms with Crippen molar-refractivity contribution in [3.05, 3.63) is 46.3 Å². The fourth-order valence-corrected chi connectivity index (χ4v) is 3.10. The van der Waals surface area contributed by atoms with Crippen LogP contribution in [0.3, 0.4) is 0 Å². The van der Waals surface area contributed by atoms with Gasteiger partial charge in [0.05, 0.1) is 32.4 Å². The molecule has 0 radical (unpaired) electrons. The third kappa shape index (κ3) is 5.08. The van der Waals surface area contributed by atoms with Crippen molar-refractivity contribution in [2.45, 2.75) is 26.8 Å². The van der Waals surface area contributed by atoms with Crippen LogP contribution in [0.5, 0.6) is 11.5 Å². The quantitative estimate of drug-likeness (QED) is 0.492. The van der Waals surface area contributed by atoms with E-state index >= 15 is 0 Å². The van der Waals surface area contributed by atoms with Gasteiger partial charge >= 0.3 is 5.97 Å². The Balaban J connectivity index is 2.21. The summed E-state index contributed by atoms with van der Waals surface area (Å²) in [5.41, 5.74) is 2.56. The zero-order valence-corrected chi connectivity index (χ0v) is 17.7. The zero-order valence-electron chi connectivity index (χ0n) is 17.7. The number of carbonyl (C=O) groups excluding carboxylic acids is 2. The third-order valence-corrected chi connectivity index (χ3v) is 4.64. The van der Waals surface area contributed by atoms with Crippen molar-refractivity contribution in [3.63, 3.8) is 0 Å². The third-order valence-electron chi connectivity index (χ3n) is 4.64. The minimum absolute atomic E-state index is 0.146. The Morgan fingerprint density at radius 1 is 1.10 bits per heavy atom. The minimum atomic E-state index is -0.491. The van der Waals surface area contributed by atoms with Crippen LogP contribution in [0.1, 0.15) is 50.6 Å². The zero-order chi connectivity index (χ0) is 21.6. The minimum Gasteiger partial charge on any atom is -0.497 e. The number of H-pyrrole nitrogens is 1. The molecule has 0 saturated carbocycles. The van der Waals surface area contributed by atoms with Gasteiger partial charge in [0.2, 0.25) is 0 Å². The Labute approximate surface area is 170 Å². The summed E-state index contributed by atoms with van der Waals surface area (Å²) < 4.78 is 20.7. The molecule has 2 N–H and O–H groups in total. The summed E-state index contributed by atoms with van der Waals surface area (Å²) in [4.78, 5) is 28.2. The molecule has 1 amide bonds. The van der Waals surface area contributed by atoms with Crippen LogP contribution in [0, 0.1) is 13.8 Å². The van der Waals surface area contributed by atoms with Gasteiger partial charge < -0.3 is 29.2 Å². The van der Waals surface area contributed by atoms with Gasteiger partial charge in [0.1, 0.15) is 23.8 Å². The summed E-state index contributed by atoms with van der Waals surface area (Å²) >= 11 is 0. The van der Waals surface area contributed by atoms with Crippen LogP contribution in [0.15, 0.2) is 18.2 Å². The van der Waals surface area contributed by atoms with Crippen LogP contribution < -0.4 is 14.8 Å². The number of hydrogen-bond acceptors (Lipinski definition) is 6. The van der Waals surface area contributed by atoms with Gasteiger partial charge in [-0.2, -0.15) is 0 Å². The molecule has 1 heterocycles. The van der Waals surface area contributed by atoms with Crippen molar-refractivity contribution in [1.29, 1.82) is 0 Å². The predicted molar refractivity (Wildman–Crippen MR) is 108 cm³/mol. The lowest BCUT2D eigenvalue weighted by molar-refractivity contribution is 0.0387. The van der Waals surface area contributed by atoms with Gasteiger partial charge in [-0.15, -0.1) is 0 Å². The number of benzene rings is 1. The van der Waals surface area contributed by atoms with E-state index in [1.807, 2.05) is 13.0 Å². The van der Waals surface area contributed by atoms with Gasteiger partial charge in [-0.05, 0) is 44.5 Å². The molecule has 1 aromatic heterocycles. The average Bonchev–Trinajstić information content (AvgIpc) is 3.01. The number of hydrogen-bond donors (Lipinski definition) is 2. The van der Waals surface area contributed by atoms with Gasteiger partial charge in [0.25, 0.3) is 5.91 Å². The topological polar surface area (TPSA) is 98.9 Å². The molecule has 1 atom stereocenters. The van der Waals surface area contributed by atoms with Crippen LogP contribution in [0.25, 0.3) is 0 Å². The van der Waals surface area contributed by atoms with Crippen LogP contribution in [0.2, 0.25) is 0 Å². The number of esters is 1. The lowest BCUT2D eigenvalue weighted by Gasteiger charge is -2.18. The Hall–Kier alpha value is -3.00. The van der Waals surface area contributed by atoms with E-state index in [0.717, 1.165) is 5.56 Å². The first kappa shape index (κ1) is 22.3. The second kappa shape index (κ2) is 9.97. The number of nitrogens with one attached hydrogen (secondary N) is 2. The lowest BCUT2D eigenvalue weighted by Crippen LogP contribution is -2.28. The summed E-state index contributed by atoms with van der Waals surface area (Å²) in [5, 5.41) is 2.93. The number of amides is 1. The van der Waals surface area contributed by atoms with E-state index in [1.54, 1.807) is 40.2 Å². The van der Waals surface area contributed by atoms with Crippen LogP contribution in [-0.4, -0.2) is 51.4 Å². The average molecular weight is 404 g/mol. The highest BCUT2D eigenvalue weighted by Crippen LogP contribution is 2.29. The number of rotatable bonds is 9. The lowest BCUT2D eigenvalue weighted by atomic mass is 10.1. The first-order chi connectivity index (χ1) is 13.8. The van der Waals surface area contributed by atoms with E-state index < -0.39 is 5.97 Å². The fraction of sp³-hybridized carbons (Fsp3) is 0.429. The molecular weight excluding hydrogens is 376 g/mol. The summed E-state index contributed by atoms with van der Waals surface area (Å²) in [6.45, 7) is 5.74. The molecule has 2 aromatic rings. The molecule has 2 rings (SSSR count). The molecule has 8 heteroatoms. The Morgan fingerprint density at radius 3 is 2.45 bits per heavy atom. The molecule has 29 heavy (non-hydrogen) atoms. The summed E-state index contributed by atoms with van der Waals surface area (Å²) in [6, 6.07) is 5.04. The van der Waals surface area contributed by atoms with Crippen LogP contribution >= 0.6 is 0 Å². The fourth-order valence-electron chi connectivity index (χ4n) is 3.10. The number of aryl methyl sites for hydroxylation is 1. The smallest absolute Gasteiger partial charge is 0.340 e. The van der Waals surface area contributed by atoms with Gasteiger partial charge in [0, 0.05) is 18.4 Å². The van der Waals surface area contributed by atoms with E-state index in [2.05, 4.69) is 10.3 Å². The maximum atomic E-state index is 12.9. The second-order valence-electron chi connectivity index (χ2n) is 6.56. The molecule has 1 aromatic carbocycles. The van der Waals surface area contributed by atoms with Gasteiger partial charge in [-0.3, -0.25) is 4.79 Å². The molecule has 158 valence electrons. The molecule has 8 nitrogen and oxygen atoms in total. The molecule has 0 aliphatic rings. The monoisotopic (exact) mass is 404 g/mol. The van der Waals surface area contributed by atoms with E-state index in [-0.39, 0.29) is 18.6 Å². The molecule has 0 fully saturated rings. The molecule has 0 aliphatic heterocycles. The first-order valence-electron chi connectivity index (χ1n) is 9.22. The van der Waals surface area contributed by atoms with Crippen LogP contribution in [0.4, 0.5) is 0 Å². The predicted octanol–water partition coefficient (Wildman–Crippen LogP) is 2.94. The highest BCUT2D eigenvalue weighted by molar-refractivity contribution is 6.00. The van der Waals surface area contributed by atoms with E-state index in [9.17, 15) is 9.59 Å². The normalized spacial score (nSPS) is 11.7. The number of carbonyl (C=O) groups is 2. The summed E-state index contributed by atoms with van der Waals surface area (Å²) in [5.74, 6) is 0.476. The number of ether oxygens (including phenoxy) is 4. The first-order valence-corrected chi connectivity index (χ1v) is 9.22.